The zero-order valence-corrected chi connectivity index (χ0v) is 33.4. The van der Waals surface area contributed by atoms with Gasteiger partial charge in [0.25, 0.3) is 21.6 Å². The molecule has 4 heterocycles. The SMILES string of the molecule is O=C(NS(=O)(=O)c1ccc(NCC2CC3CC2CN3)c([N+](=O)[O-])c1)c1ccc(N2CCN([C@@H]3CCCCc4c(Cl)cccc43)CC2)cc1Oc1cnc2[nH]ccc2c1. The third-order valence-corrected chi connectivity index (χ3v) is 14.1. The number of halogens is 1. The molecule has 4 N–H and O–H groups in total. The summed E-state index contributed by atoms with van der Waals surface area (Å²) in [5.74, 6) is 0.450. The molecule has 14 nitrogen and oxygen atoms in total. The molecule has 3 fully saturated rings. The van der Waals surface area contributed by atoms with Gasteiger partial charge in [0, 0.05) is 79.2 Å². The van der Waals surface area contributed by atoms with Crippen LogP contribution >= 0.6 is 11.6 Å². The van der Waals surface area contributed by atoms with E-state index in [4.69, 9.17) is 16.3 Å². The summed E-state index contributed by atoms with van der Waals surface area (Å²) in [6.07, 6.45) is 9.71. The fourth-order valence-electron chi connectivity index (χ4n) is 9.35. The predicted molar refractivity (Wildman–Crippen MR) is 222 cm³/mol. The topological polar surface area (TPSA) is 175 Å². The molecule has 58 heavy (non-hydrogen) atoms. The van der Waals surface area contributed by atoms with Gasteiger partial charge >= 0.3 is 0 Å². The second-order valence-corrected chi connectivity index (χ2v) is 17.9. The molecule has 16 heteroatoms. The zero-order chi connectivity index (χ0) is 40.0. The molecular formula is C42H45ClN8O6S. The molecule has 2 bridgehead atoms. The molecule has 4 atom stereocenters. The van der Waals surface area contributed by atoms with Crippen LogP contribution in [0.5, 0.6) is 11.5 Å². The van der Waals surface area contributed by atoms with Crippen molar-refractivity contribution in [3.63, 3.8) is 0 Å². The monoisotopic (exact) mass is 824 g/mol. The van der Waals surface area contributed by atoms with Gasteiger partial charge in [-0.15, -0.1) is 0 Å². The molecule has 4 aliphatic rings. The van der Waals surface area contributed by atoms with Crippen molar-refractivity contribution in [3.8, 4) is 11.5 Å². The number of rotatable bonds is 11. The normalized spacial score (nSPS) is 22.1. The number of ether oxygens (including phenoxy) is 1. The summed E-state index contributed by atoms with van der Waals surface area (Å²) in [6, 6.07) is 19.4. The molecule has 1 saturated carbocycles. The van der Waals surface area contributed by atoms with Crippen molar-refractivity contribution in [1.82, 2.24) is 24.9 Å². The van der Waals surface area contributed by atoms with Gasteiger partial charge in [0.2, 0.25) is 0 Å². The van der Waals surface area contributed by atoms with E-state index in [9.17, 15) is 23.3 Å². The molecule has 9 rings (SSSR count). The molecular weight excluding hydrogens is 780 g/mol. The zero-order valence-electron chi connectivity index (χ0n) is 31.8. The average Bonchev–Trinajstić information content (AvgIpc) is 3.95. The van der Waals surface area contributed by atoms with Crippen molar-refractivity contribution in [2.45, 2.75) is 55.5 Å². The van der Waals surface area contributed by atoms with Crippen LogP contribution in [0, 0.1) is 22.0 Å². The highest BCUT2D eigenvalue weighted by Gasteiger charge is 2.39. The minimum Gasteiger partial charge on any atom is -0.455 e. The van der Waals surface area contributed by atoms with Crippen molar-refractivity contribution in [2.24, 2.45) is 11.8 Å². The van der Waals surface area contributed by atoms with Gasteiger partial charge in [0.15, 0.2) is 0 Å². The van der Waals surface area contributed by atoms with Crippen molar-refractivity contribution < 1.29 is 22.9 Å². The van der Waals surface area contributed by atoms with E-state index in [1.54, 1.807) is 30.5 Å². The lowest BCUT2D eigenvalue weighted by atomic mass is 9.95. The quantitative estimate of drug-likeness (QED) is 0.0611. The lowest BCUT2D eigenvalue weighted by Crippen LogP contribution is -2.47. The van der Waals surface area contributed by atoms with Crippen LogP contribution in [0.15, 0.2) is 84.0 Å². The van der Waals surface area contributed by atoms with Crippen LogP contribution in [0.4, 0.5) is 17.1 Å². The van der Waals surface area contributed by atoms with E-state index >= 15 is 0 Å². The fraction of sp³-hybridized carbons (Fsp3) is 0.381. The number of nitro groups is 1. The minimum atomic E-state index is -4.54. The number of piperazine rings is 1. The lowest BCUT2D eigenvalue weighted by molar-refractivity contribution is -0.384. The van der Waals surface area contributed by atoms with Crippen LogP contribution < -0.4 is 25.0 Å². The summed E-state index contributed by atoms with van der Waals surface area (Å²) in [7, 11) is -4.54. The van der Waals surface area contributed by atoms with Crippen LogP contribution in [0.25, 0.3) is 11.0 Å². The highest BCUT2D eigenvalue weighted by atomic mass is 35.5. The molecule has 2 aromatic heterocycles. The number of nitrogens with zero attached hydrogens (tertiary/aromatic N) is 4. The number of sulfonamides is 1. The summed E-state index contributed by atoms with van der Waals surface area (Å²) in [5.41, 5.74) is 3.87. The second-order valence-electron chi connectivity index (χ2n) is 15.8. The number of carbonyl (C=O) groups excluding carboxylic acids is 1. The van der Waals surface area contributed by atoms with E-state index in [2.05, 4.69) is 41.2 Å². The maximum atomic E-state index is 13.9. The predicted octanol–water partition coefficient (Wildman–Crippen LogP) is 7.04. The van der Waals surface area contributed by atoms with Gasteiger partial charge in [-0.3, -0.25) is 19.8 Å². The fourth-order valence-corrected chi connectivity index (χ4v) is 10.6. The average molecular weight is 825 g/mol. The number of piperidine rings is 1. The first-order chi connectivity index (χ1) is 28.1. The third kappa shape index (κ3) is 7.71. The number of benzene rings is 3. The number of amides is 1. The Hall–Kier alpha value is -5.22. The number of H-pyrrole nitrogens is 1. The van der Waals surface area contributed by atoms with Crippen LogP contribution in [-0.4, -0.2) is 79.4 Å². The Bertz CT molecular complexity index is 2490. The van der Waals surface area contributed by atoms with E-state index in [1.165, 1.54) is 29.5 Å². The number of hydrogen-bond donors (Lipinski definition) is 4. The number of hydrogen-bond acceptors (Lipinski definition) is 11. The molecule has 2 saturated heterocycles. The number of aromatic amines is 1. The molecule has 5 aromatic rings. The number of carbonyl (C=O) groups is 1. The largest absolute Gasteiger partial charge is 0.455 e. The second kappa shape index (κ2) is 15.9. The Morgan fingerprint density at radius 3 is 2.69 bits per heavy atom. The molecule has 302 valence electrons. The van der Waals surface area contributed by atoms with Crippen LogP contribution in [0.2, 0.25) is 5.02 Å². The lowest BCUT2D eigenvalue weighted by Gasteiger charge is -2.40. The first-order valence-corrected chi connectivity index (χ1v) is 21.8. The molecule has 3 aromatic carbocycles. The van der Waals surface area contributed by atoms with E-state index in [0.717, 1.165) is 93.4 Å². The Morgan fingerprint density at radius 1 is 1.03 bits per heavy atom. The molecule has 2 aliphatic carbocycles. The summed E-state index contributed by atoms with van der Waals surface area (Å²) < 4.78 is 35.8. The number of anilines is 2. The van der Waals surface area contributed by atoms with E-state index in [0.29, 0.717) is 41.9 Å². The number of fused-ring (bicyclic) bond motifs is 4. The van der Waals surface area contributed by atoms with E-state index in [-0.39, 0.29) is 22.7 Å². The highest BCUT2D eigenvalue weighted by Crippen LogP contribution is 2.39. The molecule has 1 amide bonds. The molecule has 0 spiro atoms. The van der Waals surface area contributed by atoms with Gasteiger partial charge in [-0.1, -0.05) is 30.2 Å². The van der Waals surface area contributed by atoms with Crippen LogP contribution in [0.3, 0.4) is 0 Å². The Morgan fingerprint density at radius 2 is 1.90 bits per heavy atom. The maximum absolute atomic E-state index is 13.9. The molecule has 3 unspecified atom stereocenters. The summed E-state index contributed by atoms with van der Waals surface area (Å²) in [4.78, 5) is 37.2. The highest BCUT2D eigenvalue weighted by molar-refractivity contribution is 7.90. The van der Waals surface area contributed by atoms with E-state index in [1.807, 2.05) is 18.2 Å². The van der Waals surface area contributed by atoms with Crippen molar-refractivity contribution in [2.75, 3.05) is 49.5 Å². The first-order valence-electron chi connectivity index (χ1n) is 19.9. The van der Waals surface area contributed by atoms with Gasteiger partial charge in [-0.05, 0) is 104 Å². The Kier molecular flexibility index (Phi) is 10.5. The van der Waals surface area contributed by atoms with E-state index < -0.39 is 25.7 Å². The van der Waals surface area contributed by atoms with Gasteiger partial charge < -0.3 is 25.3 Å². The van der Waals surface area contributed by atoms with Gasteiger partial charge in [0.05, 0.1) is 21.6 Å². The standard InChI is InChI=1S/C42H45ClN8O6S/c43-36-6-3-5-34-33(36)4-1-2-7-38(34)50-16-14-49(15-17-50)30-8-10-35(40(21-30)57-31-20-26-12-13-44-41(26)47-25-31)42(52)48-58(55,56)32-9-11-37(39(22-32)51(53)54)46-24-28-19-29-18-27(28)23-45-29/h3,5-6,8-13,20-22,25,27-29,38,45-46H,1-2,4,7,14-19,23-24H2,(H,44,47)(H,48,52)/t27?,28?,29?,38-/m1/s1. The number of nitrogens with one attached hydrogen (secondary N) is 4. The molecule has 2 aliphatic heterocycles. The van der Waals surface area contributed by atoms with Crippen molar-refractivity contribution in [3.05, 3.63) is 111 Å². The van der Waals surface area contributed by atoms with Crippen molar-refractivity contribution >= 4 is 55.6 Å². The number of nitro benzene ring substituents is 1. The summed E-state index contributed by atoms with van der Waals surface area (Å²) in [5, 5.41) is 20.4. The first kappa shape index (κ1) is 38.3. The van der Waals surface area contributed by atoms with Crippen molar-refractivity contribution in [1.29, 1.82) is 0 Å². The van der Waals surface area contributed by atoms with Gasteiger partial charge in [0.1, 0.15) is 22.8 Å². The molecule has 0 radical (unpaired) electrons. The Labute approximate surface area is 341 Å². The minimum absolute atomic E-state index is 0.0276. The van der Waals surface area contributed by atoms with Crippen LogP contribution in [-0.2, 0) is 16.4 Å². The van der Waals surface area contributed by atoms with Crippen LogP contribution in [0.1, 0.15) is 59.6 Å². The van der Waals surface area contributed by atoms with Gasteiger partial charge in [-0.2, -0.15) is 0 Å². The summed E-state index contributed by atoms with van der Waals surface area (Å²) in [6.45, 7) is 4.59. The number of aromatic nitrogens is 2. The maximum Gasteiger partial charge on any atom is 0.293 e. The third-order valence-electron chi connectivity index (χ3n) is 12.4. The Balaban J connectivity index is 0.944. The summed E-state index contributed by atoms with van der Waals surface area (Å²) >= 11 is 6.65. The number of pyridine rings is 1. The smallest absolute Gasteiger partial charge is 0.293 e. The van der Waals surface area contributed by atoms with Gasteiger partial charge in [-0.25, -0.2) is 18.1 Å².